The number of thiophene rings is 1. The van der Waals surface area contributed by atoms with E-state index in [2.05, 4.69) is 37.6 Å². The van der Waals surface area contributed by atoms with Crippen molar-refractivity contribution in [2.45, 2.75) is 12.8 Å². The first-order valence-electron chi connectivity index (χ1n) is 9.50. The molecule has 0 aliphatic carbocycles. The predicted molar refractivity (Wildman–Crippen MR) is 112 cm³/mol. The van der Waals surface area contributed by atoms with Crippen molar-refractivity contribution in [3.8, 4) is 0 Å². The number of halogens is 1. The minimum absolute atomic E-state index is 0.137. The lowest BCUT2D eigenvalue weighted by molar-refractivity contribution is 0.256. The summed E-state index contributed by atoms with van der Waals surface area (Å²) in [5.41, 5.74) is 6.63. The Balaban J connectivity index is 1.29. The first-order chi connectivity index (χ1) is 13.2. The van der Waals surface area contributed by atoms with Gasteiger partial charge in [-0.2, -0.15) is 0 Å². The van der Waals surface area contributed by atoms with Crippen LogP contribution in [0.15, 0.2) is 46.8 Å². The molecule has 1 fully saturated rings. The van der Waals surface area contributed by atoms with Gasteiger partial charge in [-0.1, -0.05) is 18.2 Å². The number of hydrogen-bond donors (Lipinski definition) is 2. The Labute approximate surface area is 164 Å². The lowest BCUT2D eigenvalue weighted by Crippen LogP contribution is -2.47. The number of anilines is 1. The number of para-hydroxylation sites is 1. The number of nitrogens with two attached hydrogens (primary N) is 1. The zero-order valence-corrected chi connectivity index (χ0v) is 16.4. The highest BCUT2D eigenvalue weighted by Crippen LogP contribution is 2.20. The van der Waals surface area contributed by atoms with Crippen molar-refractivity contribution in [2.24, 2.45) is 10.7 Å². The predicted octanol–water partition coefficient (Wildman–Crippen LogP) is 2.55. The van der Waals surface area contributed by atoms with Crippen LogP contribution in [-0.2, 0) is 6.42 Å². The standard InChI is InChI=1S/C20H28FN5S/c21-18-6-1-2-7-19(18)26-14-12-25(13-15-26)11-4-9-23-20(22)24-10-8-17-5-3-16-27-17/h1-3,5-7,16H,4,8-15H2,(H3,22,23,24). The third kappa shape index (κ3) is 6.22. The van der Waals surface area contributed by atoms with Crippen LogP contribution in [0.2, 0.25) is 0 Å². The molecule has 2 heterocycles. The van der Waals surface area contributed by atoms with Gasteiger partial charge in [0, 0.05) is 50.7 Å². The van der Waals surface area contributed by atoms with Gasteiger partial charge in [-0.25, -0.2) is 4.39 Å². The van der Waals surface area contributed by atoms with Gasteiger partial charge in [0.25, 0.3) is 0 Å². The molecule has 0 spiro atoms. The molecule has 0 atom stereocenters. The van der Waals surface area contributed by atoms with Gasteiger partial charge in [0.1, 0.15) is 5.82 Å². The van der Waals surface area contributed by atoms with Crippen LogP contribution in [0.5, 0.6) is 0 Å². The van der Waals surface area contributed by atoms with E-state index in [0.717, 1.165) is 58.7 Å². The van der Waals surface area contributed by atoms with Gasteiger partial charge in [0.05, 0.1) is 5.69 Å². The summed E-state index contributed by atoms with van der Waals surface area (Å²) in [7, 11) is 0. The minimum Gasteiger partial charge on any atom is -0.370 e. The van der Waals surface area contributed by atoms with Crippen LogP contribution in [0.4, 0.5) is 10.1 Å². The second-order valence-corrected chi connectivity index (χ2v) is 7.69. The molecule has 3 N–H and O–H groups in total. The summed E-state index contributed by atoms with van der Waals surface area (Å²) in [4.78, 5) is 10.3. The lowest BCUT2D eigenvalue weighted by atomic mass is 10.2. The first-order valence-corrected chi connectivity index (χ1v) is 10.4. The van der Waals surface area contributed by atoms with Crippen LogP contribution in [0.1, 0.15) is 11.3 Å². The number of benzene rings is 1. The molecule has 1 aliphatic heterocycles. The smallest absolute Gasteiger partial charge is 0.188 e. The zero-order valence-electron chi connectivity index (χ0n) is 15.6. The molecule has 1 saturated heterocycles. The van der Waals surface area contributed by atoms with Crippen LogP contribution in [0.25, 0.3) is 0 Å². The van der Waals surface area contributed by atoms with Gasteiger partial charge >= 0.3 is 0 Å². The first kappa shape index (κ1) is 19.6. The Kier molecular flexibility index (Phi) is 7.47. The summed E-state index contributed by atoms with van der Waals surface area (Å²) < 4.78 is 13.9. The third-order valence-electron chi connectivity index (χ3n) is 4.74. The lowest BCUT2D eigenvalue weighted by Gasteiger charge is -2.36. The number of nitrogens with zero attached hydrogens (tertiary/aromatic N) is 3. The van der Waals surface area contributed by atoms with Gasteiger partial charge in [0.2, 0.25) is 0 Å². The minimum atomic E-state index is -0.137. The Morgan fingerprint density at radius 3 is 2.70 bits per heavy atom. The molecule has 3 rings (SSSR count). The van der Waals surface area contributed by atoms with Crippen molar-refractivity contribution in [3.05, 3.63) is 52.5 Å². The number of piperazine rings is 1. The number of rotatable bonds is 8. The van der Waals surface area contributed by atoms with E-state index in [4.69, 9.17) is 5.73 Å². The van der Waals surface area contributed by atoms with Crippen LogP contribution in [0.3, 0.4) is 0 Å². The molecule has 0 saturated carbocycles. The molecule has 0 unspecified atom stereocenters. The summed E-state index contributed by atoms with van der Waals surface area (Å²) in [6.45, 7) is 6.16. The molecular weight excluding hydrogens is 361 g/mol. The average molecular weight is 390 g/mol. The molecule has 1 aromatic heterocycles. The molecule has 0 bridgehead atoms. The molecule has 27 heavy (non-hydrogen) atoms. The molecule has 1 aromatic carbocycles. The van der Waals surface area contributed by atoms with Gasteiger partial charge in [-0.05, 0) is 36.4 Å². The average Bonchev–Trinajstić information content (AvgIpc) is 3.20. The zero-order chi connectivity index (χ0) is 18.9. The SMILES string of the molecule is NC(=NCCCN1CCN(c2ccccc2F)CC1)NCCc1cccs1. The molecule has 0 radical (unpaired) electrons. The van der Waals surface area contributed by atoms with Crippen molar-refractivity contribution in [1.29, 1.82) is 0 Å². The van der Waals surface area contributed by atoms with E-state index in [1.54, 1.807) is 17.4 Å². The summed E-state index contributed by atoms with van der Waals surface area (Å²) in [6.07, 6.45) is 1.95. The highest BCUT2D eigenvalue weighted by atomic mass is 32.1. The van der Waals surface area contributed by atoms with Crippen molar-refractivity contribution >= 4 is 23.0 Å². The van der Waals surface area contributed by atoms with Gasteiger partial charge in [-0.15, -0.1) is 11.3 Å². The number of aliphatic imine (C=N–C) groups is 1. The van der Waals surface area contributed by atoms with E-state index in [1.165, 1.54) is 10.9 Å². The summed E-state index contributed by atoms with van der Waals surface area (Å²) >= 11 is 1.76. The molecule has 146 valence electrons. The maximum absolute atomic E-state index is 13.9. The van der Waals surface area contributed by atoms with Gasteiger partial charge in [0.15, 0.2) is 5.96 Å². The van der Waals surface area contributed by atoms with E-state index in [0.29, 0.717) is 11.6 Å². The fraction of sp³-hybridized carbons (Fsp3) is 0.450. The second kappa shape index (κ2) is 10.3. The Bertz CT molecular complexity index is 711. The molecule has 7 heteroatoms. The third-order valence-corrected chi connectivity index (χ3v) is 5.67. The van der Waals surface area contributed by atoms with E-state index in [-0.39, 0.29) is 5.82 Å². The fourth-order valence-electron chi connectivity index (χ4n) is 3.24. The van der Waals surface area contributed by atoms with E-state index in [9.17, 15) is 4.39 Å². The van der Waals surface area contributed by atoms with E-state index in [1.807, 2.05) is 12.1 Å². The van der Waals surface area contributed by atoms with Crippen LogP contribution in [0, 0.1) is 5.82 Å². The normalized spacial score (nSPS) is 15.9. The summed E-state index contributed by atoms with van der Waals surface area (Å²) in [5, 5.41) is 5.25. The van der Waals surface area contributed by atoms with Crippen LogP contribution < -0.4 is 16.0 Å². The molecule has 0 amide bonds. The summed E-state index contributed by atoms with van der Waals surface area (Å²) in [6, 6.07) is 11.2. The van der Waals surface area contributed by atoms with Crippen molar-refractivity contribution in [3.63, 3.8) is 0 Å². The van der Waals surface area contributed by atoms with Crippen molar-refractivity contribution in [2.75, 3.05) is 50.7 Å². The highest BCUT2D eigenvalue weighted by Gasteiger charge is 2.18. The quantitative estimate of drug-likeness (QED) is 0.414. The number of guanidine groups is 1. The Morgan fingerprint density at radius 1 is 1.15 bits per heavy atom. The fourth-order valence-corrected chi connectivity index (χ4v) is 3.95. The number of hydrogen-bond acceptors (Lipinski definition) is 4. The largest absolute Gasteiger partial charge is 0.370 e. The van der Waals surface area contributed by atoms with Crippen LogP contribution in [-0.4, -0.2) is 56.7 Å². The number of nitrogens with one attached hydrogen (secondary N) is 1. The molecular formula is C20H28FN5S. The molecule has 2 aromatic rings. The monoisotopic (exact) mass is 389 g/mol. The Hall–Kier alpha value is -2.12. The van der Waals surface area contributed by atoms with Crippen LogP contribution >= 0.6 is 11.3 Å². The van der Waals surface area contributed by atoms with Gasteiger partial charge < -0.3 is 16.0 Å². The van der Waals surface area contributed by atoms with E-state index < -0.39 is 0 Å². The van der Waals surface area contributed by atoms with Gasteiger partial charge in [-0.3, -0.25) is 9.89 Å². The Morgan fingerprint density at radius 2 is 1.96 bits per heavy atom. The maximum atomic E-state index is 13.9. The molecule has 1 aliphatic rings. The second-order valence-electron chi connectivity index (χ2n) is 6.66. The van der Waals surface area contributed by atoms with Crippen molar-refractivity contribution < 1.29 is 4.39 Å². The van der Waals surface area contributed by atoms with E-state index >= 15 is 0 Å². The topological polar surface area (TPSA) is 56.9 Å². The summed E-state index contributed by atoms with van der Waals surface area (Å²) in [5.74, 6) is 0.387. The highest BCUT2D eigenvalue weighted by molar-refractivity contribution is 7.09. The maximum Gasteiger partial charge on any atom is 0.188 e. The van der Waals surface area contributed by atoms with Crippen molar-refractivity contribution in [1.82, 2.24) is 10.2 Å². The molecule has 5 nitrogen and oxygen atoms in total.